The summed E-state index contributed by atoms with van der Waals surface area (Å²) in [4.78, 5) is 5.12. The van der Waals surface area contributed by atoms with E-state index in [1.807, 2.05) is 13.1 Å². The van der Waals surface area contributed by atoms with E-state index in [1.165, 1.54) is 11.3 Å². The molecule has 2 aromatic rings. The minimum absolute atomic E-state index is 0.174. The van der Waals surface area contributed by atoms with E-state index >= 15 is 0 Å². The van der Waals surface area contributed by atoms with Gasteiger partial charge in [-0.05, 0) is 24.1 Å². The van der Waals surface area contributed by atoms with Crippen molar-refractivity contribution in [2.75, 3.05) is 12.4 Å². The summed E-state index contributed by atoms with van der Waals surface area (Å²) < 4.78 is 13.3. The van der Waals surface area contributed by atoms with Crippen LogP contribution in [0.3, 0.4) is 0 Å². The molecule has 0 spiro atoms. The largest absolute Gasteiger partial charge is 0.365 e. The fourth-order valence-electron chi connectivity index (χ4n) is 1.27. The van der Waals surface area contributed by atoms with Gasteiger partial charge in [0.25, 0.3) is 0 Å². The molecule has 2 rings (SSSR count). The quantitative estimate of drug-likeness (QED) is 0.843. The van der Waals surface area contributed by atoms with Crippen LogP contribution >= 0.6 is 11.3 Å². The first-order valence-electron chi connectivity index (χ1n) is 4.61. The number of thiazole rings is 1. The molecular weight excluding hydrogens is 211 g/mol. The van der Waals surface area contributed by atoms with Crippen molar-refractivity contribution in [1.82, 2.24) is 4.98 Å². The van der Waals surface area contributed by atoms with Gasteiger partial charge >= 0.3 is 0 Å². The summed E-state index contributed by atoms with van der Waals surface area (Å²) in [5, 5.41) is 3.80. The number of aromatic nitrogens is 1. The van der Waals surface area contributed by atoms with Gasteiger partial charge in [0, 0.05) is 13.2 Å². The van der Waals surface area contributed by atoms with Gasteiger partial charge < -0.3 is 5.32 Å². The van der Waals surface area contributed by atoms with Crippen molar-refractivity contribution in [3.63, 3.8) is 0 Å². The maximum atomic E-state index is 13.3. The van der Waals surface area contributed by atoms with Crippen LogP contribution in [0.5, 0.6) is 0 Å². The summed E-state index contributed by atoms with van der Waals surface area (Å²) in [6.45, 7) is 1.75. The molecule has 0 saturated carbocycles. The Morgan fingerprint density at radius 2 is 2.20 bits per heavy atom. The van der Waals surface area contributed by atoms with Gasteiger partial charge in [-0.25, -0.2) is 9.37 Å². The molecule has 1 aromatic heterocycles. The van der Waals surface area contributed by atoms with Gasteiger partial charge in [0.2, 0.25) is 0 Å². The zero-order valence-corrected chi connectivity index (χ0v) is 9.36. The number of halogens is 1. The smallest absolute Gasteiger partial charge is 0.182 e. The monoisotopic (exact) mass is 222 g/mol. The molecule has 0 fully saturated rings. The molecule has 0 aliphatic heterocycles. The van der Waals surface area contributed by atoms with Gasteiger partial charge in [0.05, 0.1) is 4.88 Å². The van der Waals surface area contributed by atoms with Crippen molar-refractivity contribution >= 4 is 16.5 Å². The topological polar surface area (TPSA) is 24.9 Å². The fraction of sp³-hybridized carbons (Fsp3) is 0.182. The van der Waals surface area contributed by atoms with E-state index in [2.05, 4.69) is 10.3 Å². The summed E-state index contributed by atoms with van der Waals surface area (Å²) in [5.74, 6) is -0.174. The number of hydrogen-bond donors (Lipinski definition) is 1. The van der Waals surface area contributed by atoms with E-state index in [0.717, 1.165) is 15.6 Å². The predicted molar refractivity (Wildman–Crippen MR) is 61.8 cm³/mol. The molecule has 0 radical (unpaired) electrons. The lowest BCUT2D eigenvalue weighted by Crippen LogP contribution is -1.83. The third kappa shape index (κ3) is 1.99. The second kappa shape index (κ2) is 3.98. The minimum Gasteiger partial charge on any atom is -0.365 e. The number of rotatable bonds is 2. The first-order valence-corrected chi connectivity index (χ1v) is 5.42. The zero-order chi connectivity index (χ0) is 10.8. The molecule has 78 valence electrons. The molecule has 1 N–H and O–H groups in total. The molecule has 0 bridgehead atoms. The average Bonchev–Trinajstić information content (AvgIpc) is 2.70. The molecular formula is C11H11FN2S. The Balaban J connectivity index is 2.40. The van der Waals surface area contributed by atoms with Crippen LogP contribution in [0.25, 0.3) is 10.4 Å². The Hall–Kier alpha value is -1.42. The van der Waals surface area contributed by atoms with E-state index in [4.69, 9.17) is 0 Å². The van der Waals surface area contributed by atoms with Gasteiger partial charge in [0.15, 0.2) is 5.13 Å². The van der Waals surface area contributed by atoms with E-state index in [1.54, 1.807) is 25.3 Å². The second-order valence-corrected chi connectivity index (χ2v) is 4.27. The van der Waals surface area contributed by atoms with Gasteiger partial charge in [-0.1, -0.05) is 23.5 Å². The molecule has 4 heteroatoms. The molecule has 0 atom stereocenters. The van der Waals surface area contributed by atoms with Gasteiger partial charge in [0.1, 0.15) is 5.82 Å². The van der Waals surface area contributed by atoms with Crippen LogP contribution < -0.4 is 5.32 Å². The van der Waals surface area contributed by atoms with Crippen molar-refractivity contribution in [3.05, 3.63) is 35.8 Å². The highest BCUT2D eigenvalue weighted by Gasteiger charge is 2.05. The van der Waals surface area contributed by atoms with Crippen LogP contribution in [-0.4, -0.2) is 12.0 Å². The summed E-state index contributed by atoms with van der Waals surface area (Å²) in [6, 6.07) is 5.23. The van der Waals surface area contributed by atoms with Gasteiger partial charge in [-0.3, -0.25) is 0 Å². The van der Waals surface area contributed by atoms with Crippen molar-refractivity contribution in [2.45, 2.75) is 6.92 Å². The number of anilines is 1. The third-order valence-corrected chi connectivity index (χ3v) is 3.24. The Morgan fingerprint density at radius 3 is 2.80 bits per heavy atom. The molecule has 1 heterocycles. The van der Waals surface area contributed by atoms with Gasteiger partial charge in [-0.15, -0.1) is 0 Å². The SMILES string of the molecule is CNc1ncc(-c2ccc(C)c(F)c2)s1. The zero-order valence-electron chi connectivity index (χ0n) is 8.54. The maximum absolute atomic E-state index is 13.3. The Kier molecular flexibility index (Phi) is 2.68. The minimum atomic E-state index is -0.174. The van der Waals surface area contributed by atoms with Gasteiger partial charge in [-0.2, -0.15) is 0 Å². The summed E-state index contributed by atoms with van der Waals surface area (Å²) in [5.41, 5.74) is 1.54. The molecule has 1 aromatic carbocycles. The normalized spacial score (nSPS) is 10.3. The van der Waals surface area contributed by atoms with Crippen LogP contribution in [0.4, 0.5) is 9.52 Å². The number of nitrogens with one attached hydrogen (secondary N) is 1. The molecule has 0 aliphatic carbocycles. The van der Waals surface area contributed by atoms with Crippen LogP contribution in [0, 0.1) is 12.7 Å². The van der Waals surface area contributed by atoms with E-state index < -0.39 is 0 Å². The summed E-state index contributed by atoms with van der Waals surface area (Å²) >= 11 is 1.51. The first-order chi connectivity index (χ1) is 7.20. The number of nitrogens with zero attached hydrogens (tertiary/aromatic N) is 1. The Morgan fingerprint density at radius 1 is 1.40 bits per heavy atom. The fourth-order valence-corrected chi connectivity index (χ4v) is 2.04. The average molecular weight is 222 g/mol. The van der Waals surface area contributed by atoms with Crippen LogP contribution in [0.2, 0.25) is 0 Å². The standard InChI is InChI=1S/C11H11FN2S/c1-7-3-4-8(5-9(7)12)10-6-14-11(13-2)15-10/h3-6H,1-2H3,(H,13,14). The second-order valence-electron chi connectivity index (χ2n) is 3.24. The lowest BCUT2D eigenvalue weighted by atomic mass is 10.1. The molecule has 0 aliphatic rings. The number of hydrogen-bond acceptors (Lipinski definition) is 3. The third-order valence-electron chi connectivity index (χ3n) is 2.18. The van der Waals surface area contributed by atoms with Crippen LogP contribution in [0.15, 0.2) is 24.4 Å². The molecule has 0 unspecified atom stereocenters. The van der Waals surface area contributed by atoms with E-state index in [-0.39, 0.29) is 5.82 Å². The first kappa shape index (κ1) is 10.1. The van der Waals surface area contributed by atoms with Crippen molar-refractivity contribution in [3.8, 4) is 10.4 Å². The molecule has 15 heavy (non-hydrogen) atoms. The lowest BCUT2D eigenvalue weighted by Gasteiger charge is -1.99. The molecule has 2 nitrogen and oxygen atoms in total. The van der Waals surface area contributed by atoms with Crippen molar-refractivity contribution in [2.24, 2.45) is 0 Å². The number of benzene rings is 1. The van der Waals surface area contributed by atoms with Crippen LogP contribution in [-0.2, 0) is 0 Å². The number of aryl methyl sites for hydroxylation is 1. The van der Waals surface area contributed by atoms with Crippen LogP contribution in [0.1, 0.15) is 5.56 Å². The highest BCUT2D eigenvalue weighted by molar-refractivity contribution is 7.18. The summed E-state index contributed by atoms with van der Waals surface area (Å²) in [7, 11) is 1.82. The van der Waals surface area contributed by atoms with E-state index in [9.17, 15) is 4.39 Å². The molecule has 0 saturated heterocycles. The maximum Gasteiger partial charge on any atom is 0.182 e. The lowest BCUT2D eigenvalue weighted by molar-refractivity contribution is 0.619. The highest BCUT2D eigenvalue weighted by atomic mass is 32.1. The Bertz CT molecular complexity index is 479. The highest BCUT2D eigenvalue weighted by Crippen LogP contribution is 2.29. The summed E-state index contributed by atoms with van der Waals surface area (Å²) in [6.07, 6.45) is 1.75. The Labute approximate surface area is 91.8 Å². The van der Waals surface area contributed by atoms with Crippen molar-refractivity contribution in [1.29, 1.82) is 0 Å². The molecule has 0 amide bonds. The van der Waals surface area contributed by atoms with E-state index in [0.29, 0.717) is 5.56 Å². The predicted octanol–water partition coefficient (Wildman–Crippen LogP) is 3.30. The van der Waals surface area contributed by atoms with Crippen molar-refractivity contribution < 1.29 is 4.39 Å².